The van der Waals surface area contributed by atoms with E-state index < -0.39 is 330 Å². The number of esters is 17. The highest BCUT2D eigenvalue weighted by atomic mass is 16.8. The summed E-state index contributed by atoms with van der Waals surface area (Å²) in [6.07, 6.45) is -58.4. The fourth-order valence-electron chi connectivity index (χ4n) is 14.1. The van der Waals surface area contributed by atoms with Crippen molar-refractivity contribution in [3.05, 3.63) is 0 Å². The van der Waals surface area contributed by atoms with E-state index in [0.717, 1.165) is 125 Å². The summed E-state index contributed by atoms with van der Waals surface area (Å²) in [4.78, 5) is 239. The van der Waals surface area contributed by atoms with Gasteiger partial charge in [0.05, 0.1) is 6.10 Å². The van der Waals surface area contributed by atoms with E-state index in [1.807, 2.05) is 0 Å². The predicted octanol–water partition coefficient (Wildman–Crippen LogP) is -1.52. The third-order valence-electron chi connectivity index (χ3n) is 18.2. The zero-order valence-corrected chi connectivity index (χ0v) is 70.7. The smallest absolute Gasteiger partial charge is 0.303 e. The summed E-state index contributed by atoms with van der Waals surface area (Å²) >= 11 is 0. The molecule has 30 atom stereocenters. The summed E-state index contributed by atoms with van der Waals surface area (Å²) in [5, 5.41) is 2.56. The van der Waals surface area contributed by atoms with Crippen molar-refractivity contribution >= 4 is 107 Å². The van der Waals surface area contributed by atoms with E-state index in [1.54, 1.807) is 13.8 Å². The van der Waals surface area contributed by atoms with Crippen molar-refractivity contribution in [3.8, 4) is 0 Å². The zero-order valence-electron chi connectivity index (χ0n) is 70.7. The molecule has 6 aliphatic heterocycles. The van der Waals surface area contributed by atoms with Crippen LogP contribution in [-0.2, 0) is 219 Å². The molecule has 13 unspecified atom stereocenters. The number of carbonyl (C=O) groups is 18. The molecular weight excluding hydrogens is 1650 g/mol. The molecule has 0 aliphatic carbocycles. The molecule has 47 nitrogen and oxygen atoms in total. The quantitative estimate of drug-likeness (QED) is 0.0565. The molecule has 6 rings (SSSR count). The molecule has 6 saturated heterocycles. The molecule has 0 bridgehead atoms. The summed E-state index contributed by atoms with van der Waals surface area (Å²) in [5.41, 5.74) is 0. The van der Waals surface area contributed by atoms with Crippen molar-refractivity contribution in [2.24, 2.45) is 5.92 Å². The van der Waals surface area contributed by atoms with Gasteiger partial charge in [-0.2, -0.15) is 0 Å². The maximum absolute atomic E-state index is 14.2. The van der Waals surface area contributed by atoms with E-state index in [4.69, 9.17) is 133 Å². The van der Waals surface area contributed by atoms with Gasteiger partial charge in [0, 0.05) is 125 Å². The minimum atomic E-state index is -2.43. The first-order valence-electron chi connectivity index (χ1n) is 38.2. The normalized spacial score (nSPS) is 33.6. The van der Waals surface area contributed by atoms with Gasteiger partial charge in [0.2, 0.25) is 5.91 Å². The van der Waals surface area contributed by atoms with Crippen molar-refractivity contribution in [1.29, 1.82) is 0 Å². The lowest BCUT2D eigenvalue weighted by Gasteiger charge is -2.52. The van der Waals surface area contributed by atoms with Crippen LogP contribution in [0.15, 0.2) is 0 Å². The van der Waals surface area contributed by atoms with Gasteiger partial charge in [-0.3, -0.25) is 86.3 Å². The molecule has 0 aromatic heterocycles. The molecule has 1 N–H and O–H groups in total. The lowest BCUT2D eigenvalue weighted by atomic mass is 9.88. The predicted molar refractivity (Wildman–Crippen MR) is 384 cm³/mol. The Balaban J connectivity index is 1.66. The van der Waals surface area contributed by atoms with Crippen molar-refractivity contribution in [3.63, 3.8) is 0 Å². The van der Waals surface area contributed by atoms with Crippen LogP contribution in [0.3, 0.4) is 0 Å². The summed E-state index contributed by atoms with van der Waals surface area (Å²) in [6.45, 7) is 16.6. The molecular formula is C75H105NO46. The number of amides is 1. The van der Waals surface area contributed by atoms with E-state index in [9.17, 15) is 86.3 Å². The highest BCUT2D eigenvalue weighted by Crippen LogP contribution is 2.43. The molecule has 0 aromatic carbocycles. The van der Waals surface area contributed by atoms with Crippen LogP contribution < -0.4 is 5.32 Å². The van der Waals surface area contributed by atoms with Gasteiger partial charge in [-0.15, -0.1) is 0 Å². The van der Waals surface area contributed by atoms with Gasteiger partial charge in [0.15, 0.2) is 111 Å². The van der Waals surface area contributed by atoms with Gasteiger partial charge in [0.1, 0.15) is 100 Å². The molecule has 6 heterocycles. The van der Waals surface area contributed by atoms with Crippen molar-refractivity contribution < 1.29 is 219 Å². The Bertz CT molecular complexity index is 3750. The largest absolute Gasteiger partial charge is 0.463 e. The summed E-state index contributed by atoms with van der Waals surface area (Å²) in [5.74, 6) is -20.1. The minimum absolute atomic E-state index is 0.569. The average Bonchev–Trinajstić information content (AvgIpc) is 0.754. The van der Waals surface area contributed by atoms with E-state index in [1.165, 1.54) is 6.92 Å². The molecule has 122 heavy (non-hydrogen) atoms. The second-order valence-corrected chi connectivity index (χ2v) is 28.9. The van der Waals surface area contributed by atoms with Gasteiger partial charge in [-0.1, -0.05) is 13.8 Å². The Morgan fingerprint density at radius 1 is 0.230 bits per heavy atom. The van der Waals surface area contributed by atoms with Crippen LogP contribution in [0.25, 0.3) is 0 Å². The molecule has 0 saturated carbocycles. The Labute approximate surface area is 697 Å². The van der Waals surface area contributed by atoms with Crippen LogP contribution in [0.2, 0.25) is 0 Å². The van der Waals surface area contributed by atoms with Crippen LogP contribution in [0.5, 0.6) is 0 Å². The molecule has 1 amide bonds. The summed E-state index contributed by atoms with van der Waals surface area (Å²) in [7, 11) is 0. The number of carbonyl (C=O) groups excluding carboxylic acids is 18. The van der Waals surface area contributed by atoms with Crippen molar-refractivity contribution in [2.45, 2.75) is 329 Å². The first kappa shape index (κ1) is 101. The second kappa shape index (κ2) is 45.9. The first-order chi connectivity index (χ1) is 57.0. The van der Waals surface area contributed by atoms with Gasteiger partial charge in [-0.25, -0.2) is 0 Å². The number of rotatable bonds is 34. The number of ether oxygens (including phenoxy) is 28. The van der Waals surface area contributed by atoms with Crippen LogP contribution in [0.4, 0.5) is 0 Å². The number of hydrogen-bond donors (Lipinski definition) is 1. The van der Waals surface area contributed by atoms with Crippen LogP contribution in [0.1, 0.15) is 145 Å². The highest BCUT2D eigenvalue weighted by molar-refractivity contribution is 5.74. The van der Waals surface area contributed by atoms with E-state index in [-0.39, 0.29) is 0 Å². The zero-order chi connectivity index (χ0) is 91.3. The maximum Gasteiger partial charge on any atom is 0.303 e. The molecule has 0 radical (unpaired) electrons. The lowest BCUT2D eigenvalue weighted by Crippen LogP contribution is -2.72. The molecule has 6 aliphatic rings. The Morgan fingerprint density at radius 2 is 0.451 bits per heavy atom. The molecule has 47 heteroatoms. The number of hydrogen-bond acceptors (Lipinski definition) is 46. The topological polar surface area (TPSA) is 578 Å². The third-order valence-corrected chi connectivity index (χ3v) is 18.2. The highest BCUT2D eigenvalue weighted by Gasteiger charge is 2.64. The van der Waals surface area contributed by atoms with Crippen LogP contribution in [0, 0.1) is 5.92 Å². The SMILES string of the molecule is CC(=O)NC1[C@H](O[C@@H]2C(OC(C)=O)[C@@H](O[C@H]3C(COC(C)=O)O[C@@H](O[C@@H]4C(COC(C)=O)O[C@@H](C(C)C)C(OC(C)=O)[C@H]4OC(C)=O)C(OC(C)=O)[C@H]3OC(C)=O)OC(COC(C)=O)[C@@H]2OC(C)=O)OC(COC(C)=O)[C@H](OC(C)=O)[C@@H]1O[C@@H]1OC(COC(C)=O)[C@H](OC(C)=O)[C@H](OC(C)=O)C1O[C@@H]1OC(C)C(OC(C)=O)[C@H](OC(C)=O)C1OC(C)=O. The van der Waals surface area contributed by atoms with E-state index in [0.29, 0.717) is 0 Å². The second-order valence-electron chi connectivity index (χ2n) is 28.9. The Morgan fingerprint density at radius 3 is 0.787 bits per heavy atom. The fraction of sp³-hybridized carbons (Fsp3) is 0.760. The van der Waals surface area contributed by atoms with Gasteiger partial charge in [0.25, 0.3) is 0 Å². The van der Waals surface area contributed by atoms with Crippen molar-refractivity contribution in [2.75, 3.05) is 33.0 Å². The van der Waals surface area contributed by atoms with Gasteiger partial charge >= 0.3 is 101 Å². The molecule has 0 spiro atoms. The third kappa shape index (κ3) is 29.4. The molecule has 686 valence electrons. The average molecular weight is 1760 g/mol. The standard InChI is InChI=1S/C75H105NO46/c1-27(2)53-61(105-39(14)87)63(107-41(16)89)58(47(113-53)22-95-30(5)78)118-73-68(111-45(20)93)65(109-43(18)91)59(51(117-73)26-99-34(9)82)119-74-69(112-46(21)94)66(57(104-38(13)86)50(115-74)25-98-33(8)81)121-71-52(76-29(4)77)60(55(102-36(11)84)48(114-71)23-96-31(6)79)120-75-70(64(108-42(17)90)56(103-37(12)85)49(116-75)24-97-32(7)80)122-72-67(110-44(19)92)62(106-40(15)88)54(28(3)100-72)101-35(10)83/h27-28,47-75H,22-26H2,1-21H3,(H,76,77)/t28?,47?,48?,49?,50?,51?,52?,53-,54?,55-,56-,57-,58+,59-,60+,61?,62-,63-,64-,65-,66-,67?,68?,69?,70?,71-,72-,73-,74+,75-/m0/s1. The Hall–Kier alpha value is -9.98. The minimum Gasteiger partial charge on any atom is -0.463 e. The monoisotopic (exact) mass is 1760 g/mol. The van der Waals surface area contributed by atoms with Gasteiger partial charge < -0.3 is 138 Å². The fourth-order valence-corrected chi connectivity index (χ4v) is 14.1. The molecule has 6 fully saturated rings. The van der Waals surface area contributed by atoms with Crippen LogP contribution in [-0.4, -0.2) is 324 Å². The van der Waals surface area contributed by atoms with E-state index >= 15 is 0 Å². The first-order valence-corrected chi connectivity index (χ1v) is 38.2. The maximum atomic E-state index is 14.2. The summed E-state index contributed by atoms with van der Waals surface area (Å²) in [6, 6.07) is -2.19. The number of nitrogens with one attached hydrogen (secondary N) is 1. The van der Waals surface area contributed by atoms with Gasteiger partial charge in [-0.05, 0) is 12.8 Å². The molecule has 0 aromatic rings. The summed E-state index contributed by atoms with van der Waals surface area (Å²) < 4.78 is 170. The van der Waals surface area contributed by atoms with E-state index in [2.05, 4.69) is 5.32 Å². The van der Waals surface area contributed by atoms with Crippen LogP contribution >= 0.6 is 0 Å². The Kier molecular flexibility index (Phi) is 38.0. The van der Waals surface area contributed by atoms with Crippen molar-refractivity contribution in [1.82, 2.24) is 5.32 Å². The lowest BCUT2D eigenvalue weighted by molar-refractivity contribution is -0.392.